The van der Waals surface area contributed by atoms with E-state index in [1.807, 2.05) is 31.2 Å². The first-order chi connectivity index (χ1) is 11.2. The molecular formula is C17H16N4OS. The Morgan fingerprint density at radius 1 is 1.13 bits per heavy atom. The topological polar surface area (TPSA) is 63.3 Å². The Morgan fingerprint density at radius 3 is 2.74 bits per heavy atom. The number of aryl methyl sites for hydroxylation is 1. The molecule has 3 rings (SSSR count). The zero-order chi connectivity index (χ0) is 16.1. The van der Waals surface area contributed by atoms with Crippen molar-refractivity contribution in [3.8, 4) is 5.75 Å². The van der Waals surface area contributed by atoms with E-state index in [9.17, 15) is 5.11 Å². The smallest absolute Gasteiger partial charge is 0.212 e. The molecule has 0 aliphatic heterocycles. The van der Waals surface area contributed by atoms with E-state index < -0.39 is 0 Å². The summed E-state index contributed by atoms with van der Waals surface area (Å²) in [6.07, 6.45) is 1.68. The van der Waals surface area contributed by atoms with Crippen LogP contribution in [0.5, 0.6) is 5.75 Å². The second-order valence-corrected chi connectivity index (χ2v) is 5.90. The van der Waals surface area contributed by atoms with E-state index in [0.717, 1.165) is 22.3 Å². The van der Waals surface area contributed by atoms with E-state index in [2.05, 4.69) is 27.4 Å². The standard InChI is InChI=1S/C17H16N4OS/c1-13-19-20-17(23-12-14-6-3-2-4-7-14)21(13)18-11-15-8-5-9-16(22)10-15/h2-11,22H,12H2,1H3/b18-11-. The van der Waals surface area contributed by atoms with E-state index >= 15 is 0 Å². The summed E-state index contributed by atoms with van der Waals surface area (Å²) in [4.78, 5) is 0. The Bertz CT molecular complexity index is 814. The minimum Gasteiger partial charge on any atom is -0.508 e. The number of phenols is 1. The third-order valence-corrected chi connectivity index (χ3v) is 4.16. The van der Waals surface area contributed by atoms with E-state index in [1.165, 1.54) is 5.56 Å². The molecule has 0 radical (unpaired) electrons. The lowest BCUT2D eigenvalue weighted by Gasteiger charge is -2.02. The lowest BCUT2D eigenvalue weighted by molar-refractivity contribution is 0.475. The summed E-state index contributed by atoms with van der Waals surface area (Å²) in [6.45, 7) is 1.86. The number of hydrogen-bond donors (Lipinski definition) is 1. The molecule has 0 saturated carbocycles. The van der Waals surface area contributed by atoms with Gasteiger partial charge in [-0.3, -0.25) is 0 Å². The van der Waals surface area contributed by atoms with Crippen LogP contribution < -0.4 is 0 Å². The average Bonchev–Trinajstić information content (AvgIpc) is 2.92. The van der Waals surface area contributed by atoms with Gasteiger partial charge in [-0.1, -0.05) is 54.2 Å². The highest BCUT2D eigenvalue weighted by atomic mass is 32.2. The number of rotatable bonds is 5. The Morgan fingerprint density at radius 2 is 1.96 bits per heavy atom. The van der Waals surface area contributed by atoms with Gasteiger partial charge in [-0.15, -0.1) is 10.2 Å². The zero-order valence-corrected chi connectivity index (χ0v) is 13.4. The fourth-order valence-corrected chi connectivity index (χ4v) is 2.90. The van der Waals surface area contributed by atoms with Crippen molar-refractivity contribution < 1.29 is 5.11 Å². The Labute approximate surface area is 138 Å². The van der Waals surface area contributed by atoms with Gasteiger partial charge in [0.1, 0.15) is 5.75 Å². The van der Waals surface area contributed by atoms with E-state index in [1.54, 1.807) is 40.9 Å². The number of nitrogens with zero attached hydrogens (tertiary/aromatic N) is 4. The van der Waals surface area contributed by atoms with Gasteiger partial charge in [-0.05, 0) is 30.2 Å². The molecule has 0 aliphatic rings. The van der Waals surface area contributed by atoms with Crippen molar-refractivity contribution in [2.75, 3.05) is 0 Å². The van der Waals surface area contributed by atoms with Crippen molar-refractivity contribution in [1.82, 2.24) is 14.9 Å². The van der Waals surface area contributed by atoms with Crippen LogP contribution in [0.25, 0.3) is 0 Å². The van der Waals surface area contributed by atoms with Crippen molar-refractivity contribution >= 4 is 18.0 Å². The number of aromatic hydroxyl groups is 1. The molecule has 0 saturated heterocycles. The van der Waals surface area contributed by atoms with Crippen molar-refractivity contribution in [2.24, 2.45) is 5.10 Å². The first-order valence-electron chi connectivity index (χ1n) is 7.14. The molecule has 0 bridgehead atoms. The minimum atomic E-state index is 0.216. The molecule has 1 heterocycles. The van der Waals surface area contributed by atoms with Crippen LogP contribution in [0, 0.1) is 6.92 Å². The summed E-state index contributed by atoms with van der Waals surface area (Å²) in [5, 5.41) is 22.9. The quantitative estimate of drug-likeness (QED) is 0.576. The summed E-state index contributed by atoms with van der Waals surface area (Å²) < 4.78 is 1.71. The molecule has 0 fully saturated rings. The number of benzene rings is 2. The number of thioether (sulfide) groups is 1. The fraction of sp³-hybridized carbons (Fsp3) is 0.118. The predicted molar refractivity (Wildman–Crippen MR) is 91.9 cm³/mol. The maximum absolute atomic E-state index is 9.49. The number of aromatic nitrogens is 3. The van der Waals surface area contributed by atoms with Gasteiger partial charge in [-0.25, -0.2) is 0 Å². The summed E-state index contributed by atoms with van der Waals surface area (Å²) in [6, 6.07) is 17.1. The Hall–Kier alpha value is -2.60. The van der Waals surface area contributed by atoms with Crippen LogP contribution in [0.4, 0.5) is 0 Å². The molecule has 0 unspecified atom stereocenters. The van der Waals surface area contributed by atoms with E-state index in [-0.39, 0.29) is 5.75 Å². The molecule has 0 spiro atoms. The van der Waals surface area contributed by atoms with Crippen LogP contribution in [0.15, 0.2) is 64.9 Å². The number of hydrogen-bond acceptors (Lipinski definition) is 5. The SMILES string of the molecule is Cc1nnc(SCc2ccccc2)n1/N=C\c1cccc(O)c1. The van der Waals surface area contributed by atoms with Crippen molar-refractivity contribution in [3.63, 3.8) is 0 Å². The molecule has 5 nitrogen and oxygen atoms in total. The highest BCUT2D eigenvalue weighted by molar-refractivity contribution is 7.98. The van der Waals surface area contributed by atoms with Gasteiger partial charge in [0.2, 0.25) is 5.16 Å². The second-order valence-electron chi connectivity index (χ2n) is 4.96. The van der Waals surface area contributed by atoms with Crippen LogP contribution >= 0.6 is 11.8 Å². The largest absolute Gasteiger partial charge is 0.508 e. The number of phenolic OH excluding ortho intramolecular Hbond substituents is 1. The van der Waals surface area contributed by atoms with Crippen LogP contribution in [0.3, 0.4) is 0 Å². The third kappa shape index (κ3) is 3.98. The van der Waals surface area contributed by atoms with E-state index in [0.29, 0.717) is 0 Å². The van der Waals surface area contributed by atoms with E-state index in [4.69, 9.17) is 0 Å². The van der Waals surface area contributed by atoms with Gasteiger partial charge < -0.3 is 5.11 Å². The minimum absolute atomic E-state index is 0.216. The predicted octanol–water partition coefficient (Wildman–Crippen LogP) is 3.47. The highest BCUT2D eigenvalue weighted by Crippen LogP contribution is 2.21. The van der Waals surface area contributed by atoms with Gasteiger partial charge >= 0.3 is 0 Å². The Kier molecular flexibility index (Phi) is 4.73. The molecule has 23 heavy (non-hydrogen) atoms. The first-order valence-corrected chi connectivity index (χ1v) is 8.13. The van der Waals surface area contributed by atoms with Crippen molar-refractivity contribution in [1.29, 1.82) is 0 Å². The molecule has 0 atom stereocenters. The summed E-state index contributed by atoms with van der Waals surface area (Å²) in [7, 11) is 0. The lowest BCUT2D eigenvalue weighted by atomic mass is 10.2. The molecular weight excluding hydrogens is 308 g/mol. The van der Waals surface area contributed by atoms with Crippen molar-refractivity contribution in [3.05, 3.63) is 71.5 Å². The molecule has 0 aliphatic carbocycles. The second kappa shape index (κ2) is 7.11. The molecule has 2 aromatic carbocycles. The third-order valence-electron chi connectivity index (χ3n) is 3.17. The van der Waals surface area contributed by atoms with Crippen LogP contribution in [-0.2, 0) is 5.75 Å². The lowest BCUT2D eigenvalue weighted by Crippen LogP contribution is -1.96. The summed E-state index contributed by atoms with van der Waals surface area (Å²) in [5.74, 6) is 1.74. The molecule has 3 aromatic rings. The first kappa shape index (κ1) is 15.3. The monoisotopic (exact) mass is 324 g/mol. The molecule has 1 N–H and O–H groups in total. The van der Waals surface area contributed by atoms with Gasteiger partial charge in [0.05, 0.1) is 6.21 Å². The van der Waals surface area contributed by atoms with Gasteiger partial charge in [0, 0.05) is 5.75 Å². The summed E-state index contributed by atoms with van der Waals surface area (Å²) in [5.41, 5.74) is 2.04. The summed E-state index contributed by atoms with van der Waals surface area (Å²) >= 11 is 1.59. The highest BCUT2D eigenvalue weighted by Gasteiger charge is 2.08. The molecule has 1 aromatic heterocycles. The zero-order valence-electron chi connectivity index (χ0n) is 12.6. The van der Waals surface area contributed by atoms with Gasteiger partial charge in [-0.2, -0.15) is 9.78 Å². The van der Waals surface area contributed by atoms with Crippen molar-refractivity contribution in [2.45, 2.75) is 17.8 Å². The van der Waals surface area contributed by atoms with Gasteiger partial charge in [0.15, 0.2) is 5.82 Å². The van der Waals surface area contributed by atoms with Crippen LogP contribution in [0.2, 0.25) is 0 Å². The van der Waals surface area contributed by atoms with Crippen LogP contribution in [-0.4, -0.2) is 26.2 Å². The maximum atomic E-state index is 9.49. The fourth-order valence-electron chi connectivity index (χ4n) is 2.01. The van der Waals surface area contributed by atoms with Crippen LogP contribution in [0.1, 0.15) is 17.0 Å². The normalized spacial score (nSPS) is 11.2. The Balaban J connectivity index is 1.76. The molecule has 6 heteroatoms. The van der Waals surface area contributed by atoms with Gasteiger partial charge in [0.25, 0.3) is 0 Å². The molecule has 116 valence electrons. The average molecular weight is 324 g/mol. The molecule has 0 amide bonds. The maximum Gasteiger partial charge on any atom is 0.212 e.